The summed E-state index contributed by atoms with van der Waals surface area (Å²) in [5.41, 5.74) is 3.79. The third-order valence-corrected chi connectivity index (χ3v) is 3.63. The van der Waals surface area contributed by atoms with E-state index in [4.69, 9.17) is 4.74 Å². The molecule has 1 atom stereocenters. The van der Waals surface area contributed by atoms with Crippen molar-refractivity contribution in [2.45, 2.75) is 39.7 Å². The Morgan fingerprint density at radius 2 is 1.67 bits per heavy atom. The fourth-order valence-electron chi connectivity index (χ4n) is 2.34. The minimum absolute atomic E-state index is 0.267. The van der Waals surface area contributed by atoms with E-state index in [0.29, 0.717) is 12.5 Å². The summed E-state index contributed by atoms with van der Waals surface area (Å²) in [7, 11) is 0. The van der Waals surface area contributed by atoms with Gasteiger partial charge in [0.2, 0.25) is 0 Å². The van der Waals surface area contributed by atoms with Gasteiger partial charge < -0.3 is 10.1 Å². The highest BCUT2D eigenvalue weighted by Gasteiger charge is 2.07. The Hall–Kier alpha value is -1.96. The minimum Gasteiger partial charge on any atom is -0.494 e. The van der Waals surface area contributed by atoms with Gasteiger partial charge in [-0.25, -0.2) is 0 Å². The van der Waals surface area contributed by atoms with Crippen LogP contribution in [-0.4, -0.2) is 6.61 Å². The van der Waals surface area contributed by atoms with Crippen LogP contribution in [-0.2, 0) is 0 Å². The molecule has 0 saturated carbocycles. The van der Waals surface area contributed by atoms with E-state index in [2.05, 4.69) is 62.5 Å². The molecule has 0 aliphatic rings. The van der Waals surface area contributed by atoms with Gasteiger partial charge in [-0.05, 0) is 55.2 Å². The Kier molecular flexibility index (Phi) is 5.26. The van der Waals surface area contributed by atoms with Crippen LogP contribution in [0, 0.1) is 0 Å². The molecular formula is C19H25NO. The van der Waals surface area contributed by atoms with Crippen molar-refractivity contribution in [3.8, 4) is 5.75 Å². The summed E-state index contributed by atoms with van der Waals surface area (Å²) < 4.78 is 5.48. The van der Waals surface area contributed by atoms with E-state index >= 15 is 0 Å². The zero-order valence-corrected chi connectivity index (χ0v) is 13.4. The lowest BCUT2D eigenvalue weighted by atomic mass is 10.0. The number of benzene rings is 2. The second-order valence-corrected chi connectivity index (χ2v) is 5.65. The molecule has 0 amide bonds. The molecule has 0 aromatic heterocycles. The normalized spacial score (nSPS) is 12.2. The van der Waals surface area contributed by atoms with Gasteiger partial charge in [0.15, 0.2) is 0 Å². The van der Waals surface area contributed by atoms with Crippen molar-refractivity contribution in [3.63, 3.8) is 0 Å². The number of hydrogen-bond donors (Lipinski definition) is 1. The third-order valence-electron chi connectivity index (χ3n) is 3.63. The zero-order chi connectivity index (χ0) is 15.2. The molecule has 1 N–H and O–H groups in total. The first kappa shape index (κ1) is 15.4. The molecule has 112 valence electrons. The molecule has 0 saturated heterocycles. The summed E-state index contributed by atoms with van der Waals surface area (Å²) in [4.78, 5) is 0. The maximum Gasteiger partial charge on any atom is 0.119 e. The Morgan fingerprint density at radius 3 is 2.29 bits per heavy atom. The molecule has 0 spiro atoms. The number of anilines is 1. The van der Waals surface area contributed by atoms with Gasteiger partial charge in [0.1, 0.15) is 5.75 Å². The van der Waals surface area contributed by atoms with Crippen LogP contribution >= 0.6 is 0 Å². The van der Waals surface area contributed by atoms with Gasteiger partial charge in [-0.3, -0.25) is 0 Å². The molecule has 2 aromatic rings. The first-order valence-electron chi connectivity index (χ1n) is 7.69. The summed E-state index contributed by atoms with van der Waals surface area (Å²) in [6, 6.07) is 17.2. The van der Waals surface area contributed by atoms with Gasteiger partial charge in [0.05, 0.1) is 6.61 Å². The van der Waals surface area contributed by atoms with Gasteiger partial charge in [-0.2, -0.15) is 0 Å². The van der Waals surface area contributed by atoms with Crippen molar-refractivity contribution >= 4 is 5.69 Å². The van der Waals surface area contributed by atoms with Crippen LogP contribution in [0.1, 0.15) is 50.8 Å². The smallest absolute Gasteiger partial charge is 0.119 e. The largest absolute Gasteiger partial charge is 0.494 e. The fraction of sp³-hybridized carbons (Fsp3) is 0.368. The second kappa shape index (κ2) is 7.16. The fourth-order valence-corrected chi connectivity index (χ4v) is 2.34. The quantitative estimate of drug-likeness (QED) is 0.768. The molecule has 2 rings (SSSR count). The maximum atomic E-state index is 5.48. The predicted molar refractivity (Wildman–Crippen MR) is 90.2 cm³/mol. The van der Waals surface area contributed by atoms with Crippen LogP contribution in [0.15, 0.2) is 48.5 Å². The number of nitrogens with one attached hydrogen (secondary N) is 1. The SMILES string of the molecule is CCOc1ccc(C(C)Nc2cccc(C(C)C)c2)cc1. The predicted octanol–water partition coefficient (Wildman–Crippen LogP) is 5.38. The zero-order valence-electron chi connectivity index (χ0n) is 13.4. The lowest BCUT2D eigenvalue weighted by Gasteiger charge is -2.17. The third kappa shape index (κ3) is 4.25. The van der Waals surface area contributed by atoms with Crippen molar-refractivity contribution in [2.75, 3.05) is 11.9 Å². The van der Waals surface area contributed by atoms with Crippen molar-refractivity contribution in [3.05, 3.63) is 59.7 Å². The van der Waals surface area contributed by atoms with E-state index in [0.717, 1.165) is 5.75 Å². The molecule has 0 heterocycles. The van der Waals surface area contributed by atoms with Gasteiger partial charge >= 0.3 is 0 Å². The summed E-state index contributed by atoms with van der Waals surface area (Å²) in [6.45, 7) is 9.32. The van der Waals surface area contributed by atoms with Gasteiger partial charge in [0, 0.05) is 11.7 Å². The van der Waals surface area contributed by atoms with Crippen LogP contribution in [0.25, 0.3) is 0 Å². The number of ether oxygens (including phenoxy) is 1. The lowest BCUT2D eigenvalue weighted by molar-refractivity contribution is 0.340. The summed E-state index contributed by atoms with van der Waals surface area (Å²) in [5, 5.41) is 3.56. The molecule has 0 fully saturated rings. The van der Waals surface area contributed by atoms with E-state index in [1.165, 1.54) is 16.8 Å². The van der Waals surface area contributed by atoms with Crippen LogP contribution in [0.5, 0.6) is 5.75 Å². The Balaban J connectivity index is 2.06. The molecule has 2 heteroatoms. The van der Waals surface area contributed by atoms with E-state index in [1.807, 2.05) is 19.1 Å². The van der Waals surface area contributed by atoms with E-state index in [-0.39, 0.29) is 6.04 Å². The summed E-state index contributed by atoms with van der Waals surface area (Å²) >= 11 is 0. The minimum atomic E-state index is 0.267. The molecule has 0 radical (unpaired) electrons. The molecule has 2 nitrogen and oxygen atoms in total. The molecule has 0 aliphatic carbocycles. The molecule has 0 bridgehead atoms. The molecule has 1 unspecified atom stereocenters. The van der Waals surface area contributed by atoms with E-state index in [9.17, 15) is 0 Å². The first-order valence-corrected chi connectivity index (χ1v) is 7.69. The highest BCUT2D eigenvalue weighted by atomic mass is 16.5. The summed E-state index contributed by atoms with van der Waals surface area (Å²) in [6.07, 6.45) is 0. The average Bonchev–Trinajstić information content (AvgIpc) is 2.48. The number of rotatable bonds is 6. The van der Waals surface area contributed by atoms with Crippen LogP contribution in [0.3, 0.4) is 0 Å². The van der Waals surface area contributed by atoms with Gasteiger partial charge in [0.25, 0.3) is 0 Å². The molecular weight excluding hydrogens is 258 g/mol. The second-order valence-electron chi connectivity index (χ2n) is 5.65. The Labute approximate surface area is 128 Å². The molecule has 2 aromatic carbocycles. The number of hydrogen-bond acceptors (Lipinski definition) is 2. The molecule has 0 aliphatic heterocycles. The molecule has 21 heavy (non-hydrogen) atoms. The van der Waals surface area contributed by atoms with Crippen LogP contribution in [0.4, 0.5) is 5.69 Å². The van der Waals surface area contributed by atoms with Crippen molar-refractivity contribution in [1.29, 1.82) is 0 Å². The average molecular weight is 283 g/mol. The first-order chi connectivity index (χ1) is 10.1. The van der Waals surface area contributed by atoms with Crippen molar-refractivity contribution in [2.24, 2.45) is 0 Å². The van der Waals surface area contributed by atoms with E-state index < -0.39 is 0 Å². The van der Waals surface area contributed by atoms with Crippen molar-refractivity contribution < 1.29 is 4.74 Å². The van der Waals surface area contributed by atoms with Crippen LogP contribution < -0.4 is 10.1 Å². The van der Waals surface area contributed by atoms with Crippen LogP contribution in [0.2, 0.25) is 0 Å². The van der Waals surface area contributed by atoms with Gasteiger partial charge in [-0.15, -0.1) is 0 Å². The Morgan fingerprint density at radius 1 is 0.952 bits per heavy atom. The Bertz CT molecular complexity index is 560. The maximum absolute atomic E-state index is 5.48. The lowest BCUT2D eigenvalue weighted by Crippen LogP contribution is -2.07. The van der Waals surface area contributed by atoms with Gasteiger partial charge in [-0.1, -0.05) is 38.1 Å². The van der Waals surface area contributed by atoms with Crippen molar-refractivity contribution in [1.82, 2.24) is 0 Å². The highest BCUT2D eigenvalue weighted by molar-refractivity contribution is 5.48. The standard InChI is InChI=1S/C19H25NO/c1-5-21-19-11-9-16(10-12-19)15(4)20-18-8-6-7-17(13-18)14(2)3/h6-15,20H,5H2,1-4H3. The topological polar surface area (TPSA) is 21.3 Å². The monoisotopic (exact) mass is 283 g/mol. The highest BCUT2D eigenvalue weighted by Crippen LogP contribution is 2.24. The van der Waals surface area contributed by atoms with E-state index in [1.54, 1.807) is 0 Å². The summed E-state index contributed by atoms with van der Waals surface area (Å²) in [5.74, 6) is 1.47.